The zero-order valence-corrected chi connectivity index (χ0v) is 11.4. The van der Waals surface area contributed by atoms with Gasteiger partial charge in [-0.3, -0.25) is 10.1 Å². The van der Waals surface area contributed by atoms with Crippen LogP contribution in [0.2, 0.25) is 0 Å². The molecular formula is C14H20N2O3. The van der Waals surface area contributed by atoms with E-state index in [9.17, 15) is 10.1 Å². The number of hydrogen-bond donors (Lipinski definition) is 1. The number of rotatable bonds is 4. The smallest absolute Gasteiger partial charge is 0.312 e. The average molecular weight is 264 g/mol. The number of nitro benzene ring substituents is 1. The summed E-state index contributed by atoms with van der Waals surface area (Å²) in [6.07, 6.45) is 4.85. The lowest BCUT2D eigenvalue weighted by Gasteiger charge is -2.30. The van der Waals surface area contributed by atoms with Gasteiger partial charge >= 0.3 is 5.69 Å². The van der Waals surface area contributed by atoms with E-state index in [4.69, 9.17) is 4.74 Å². The van der Waals surface area contributed by atoms with E-state index in [0.717, 1.165) is 12.1 Å². The minimum atomic E-state index is -0.408. The van der Waals surface area contributed by atoms with Gasteiger partial charge in [-0.15, -0.1) is 0 Å². The summed E-state index contributed by atoms with van der Waals surface area (Å²) in [5.74, 6) is 0.905. The predicted octanol–water partition coefficient (Wildman–Crippen LogP) is 3.59. The summed E-state index contributed by atoms with van der Waals surface area (Å²) in [4.78, 5) is 10.6. The molecule has 104 valence electrons. The summed E-state index contributed by atoms with van der Waals surface area (Å²) in [6, 6.07) is 5.45. The minimum absolute atomic E-state index is 0.0102. The van der Waals surface area contributed by atoms with E-state index < -0.39 is 4.92 Å². The molecule has 0 bridgehead atoms. The molecular weight excluding hydrogens is 244 g/mol. The zero-order chi connectivity index (χ0) is 13.8. The summed E-state index contributed by atoms with van der Waals surface area (Å²) < 4.78 is 5.00. The molecule has 5 nitrogen and oxygen atoms in total. The van der Waals surface area contributed by atoms with E-state index in [2.05, 4.69) is 12.2 Å². The van der Waals surface area contributed by atoms with Crippen LogP contribution >= 0.6 is 0 Å². The van der Waals surface area contributed by atoms with Crippen LogP contribution in [0.15, 0.2) is 18.2 Å². The second kappa shape index (κ2) is 5.91. The van der Waals surface area contributed by atoms with Crippen LogP contribution in [0.1, 0.15) is 32.6 Å². The normalized spacial score (nSPS) is 22.8. The molecule has 2 rings (SSSR count). The van der Waals surface area contributed by atoms with Gasteiger partial charge in [0, 0.05) is 17.8 Å². The second-order valence-corrected chi connectivity index (χ2v) is 5.16. The average Bonchev–Trinajstić information content (AvgIpc) is 2.41. The molecule has 0 saturated heterocycles. The van der Waals surface area contributed by atoms with Gasteiger partial charge < -0.3 is 10.1 Å². The molecule has 2 atom stereocenters. The topological polar surface area (TPSA) is 64.4 Å². The number of methoxy groups -OCH3 is 1. The molecule has 5 heteroatoms. The molecule has 1 aromatic carbocycles. The molecule has 1 aliphatic rings. The largest absolute Gasteiger partial charge is 0.490 e. The Bertz CT molecular complexity index is 462. The fourth-order valence-corrected chi connectivity index (χ4v) is 2.67. The Morgan fingerprint density at radius 2 is 2.11 bits per heavy atom. The van der Waals surface area contributed by atoms with Crippen LogP contribution in [-0.2, 0) is 0 Å². The maximum absolute atomic E-state index is 11.0. The van der Waals surface area contributed by atoms with Crippen molar-refractivity contribution in [3.8, 4) is 5.75 Å². The molecule has 0 spiro atoms. The number of anilines is 1. The summed E-state index contributed by atoms with van der Waals surface area (Å²) in [5.41, 5.74) is 0.808. The van der Waals surface area contributed by atoms with Crippen molar-refractivity contribution in [1.82, 2.24) is 0 Å². The summed E-state index contributed by atoms with van der Waals surface area (Å²) >= 11 is 0. The molecule has 0 heterocycles. The first-order chi connectivity index (χ1) is 9.11. The lowest BCUT2D eigenvalue weighted by molar-refractivity contribution is -0.385. The first-order valence-corrected chi connectivity index (χ1v) is 6.71. The highest BCUT2D eigenvalue weighted by atomic mass is 16.6. The predicted molar refractivity (Wildman–Crippen MR) is 74.7 cm³/mol. The van der Waals surface area contributed by atoms with Crippen molar-refractivity contribution in [2.24, 2.45) is 5.92 Å². The maximum atomic E-state index is 11.0. The summed E-state index contributed by atoms with van der Waals surface area (Å²) in [6.45, 7) is 2.23. The van der Waals surface area contributed by atoms with E-state index in [0.29, 0.717) is 17.7 Å². The van der Waals surface area contributed by atoms with Crippen LogP contribution in [0.3, 0.4) is 0 Å². The Labute approximate surface area is 113 Å². The Kier molecular flexibility index (Phi) is 4.24. The number of nitrogens with zero attached hydrogens (tertiary/aromatic N) is 1. The Morgan fingerprint density at radius 3 is 2.74 bits per heavy atom. The molecule has 0 aliphatic heterocycles. The highest BCUT2D eigenvalue weighted by molar-refractivity contribution is 5.58. The second-order valence-electron chi connectivity index (χ2n) is 5.16. The molecule has 1 fully saturated rings. The minimum Gasteiger partial charge on any atom is -0.490 e. The van der Waals surface area contributed by atoms with Crippen molar-refractivity contribution >= 4 is 11.4 Å². The van der Waals surface area contributed by atoms with Crippen LogP contribution in [0.5, 0.6) is 5.75 Å². The van der Waals surface area contributed by atoms with Gasteiger partial charge in [-0.1, -0.05) is 19.8 Å². The van der Waals surface area contributed by atoms with Crippen molar-refractivity contribution in [3.63, 3.8) is 0 Å². The third kappa shape index (κ3) is 3.16. The number of ether oxygens (including phenoxy) is 1. The van der Waals surface area contributed by atoms with Gasteiger partial charge in [0.1, 0.15) is 0 Å². The van der Waals surface area contributed by atoms with Gasteiger partial charge in [0.15, 0.2) is 5.75 Å². The summed E-state index contributed by atoms with van der Waals surface area (Å²) in [5, 5.41) is 14.4. The van der Waals surface area contributed by atoms with E-state index in [1.807, 2.05) is 6.07 Å². The van der Waals surface area contributed by atoms with Gasteiger partial charge in [-0.25, -0.2) is 0 Å². The molecule has 19 heavy (non-hydrogen) atoms. The standard InChI is InChI=1S/C14H20N2O3/c1-10-5-3-4-6-12(10)15-11-7-8-14(19-2)13(9-11)16(17)18/h7-10,12,15H,3-6H2,1-2H3. The highest BCUT2D eigenvalue weighted by Crippen LogP contribution is 2.32. The van der Waals surface area contributed by atoms with Crippen molar-refractivity contribution < 1.29 is 9.66 Å². The Hall–Kier alpha value is -1.78. The van der Waals surface area contributed by atoms with Gasteiger partial charge in [-0.2, -0.15) is 0 Å². The van der Waals surface area contributed by atoms with Gasteiger partial charge in [0.2, 0.25) is 0 Å². The molecule has 1 N–H and O–H groups in total. The van der Waals surface area contributed by atoms with Crippen LogP contribution in [0, 0.1) is 16.0 Å². The number of hydrogen-bond acceptors (Lipinski definition) is 4. The van der Waals surface area contributed by atoms with Crippen molar-refractivity contribution in [2.45, 2.75) is 38.6 Å². The molecule has 0 radical (unpaired) electrons. The molecule has 1 saturated carbocycles. The first-order valence-electron chi connectivity index (χ1n) is 6.71. The van der Waals surface area contributed by atoms with Crippen LogP contribution < -0.4 is 10.1 Å². The quantitative estimate of drug-likeness (QED) is 0.666. The highest BCUT2D eigenvalue weighted by Gasteiger charge is 2.22. The van der Waals surface area contributed by atoms with Gasteiger partial charge in [0.25, 0.3) is 0 Å². The van der Waals surface area contributed by atoms with Crippen LogP contribution in [0.4, 0.5) is 11.4 Å². The molecule has 2 unspecified atom stereocenters. The van der Waals surface area contributed by atoms with E-state index >= 15 is 0 Å². The van der Waals surface area contributed by atoms with E-state index in [-0.39, 0.29) is 5.69 Å². The summed E-state index contributed by atoms with van der Waals surface area (Å²) in [7, 11) is 1.44. The third-order valence-electron chi connectivity index (χ3n) is 3.84. The molecule has 1 aliphatic carbocycles. The van der Waals surface area contributed by atoms with E-state index in [1.165, 1.54) is 26.4 Å². The van der Waals surface area contributed by atoms with Gasteiger partial charge in [0.05, 0.1) is 12.0 Å². The van der Waals surface area contributed by atoms with Crippen molar-refractivity contribution in [1.29, 1.82) is 0 Å². The van der Waals surface area contributed by atoms with Gasteiger partial charge in [-0.05, 0) is 30.9 Å². The Morgan fingerprint density at radius 1 is 1.37 bits per heavy atom. The number of nitrogens with one attached hydrogen (secondary N) is 1. The third-order valence-corrected chi connectivity index (χ3v) is 3.84. The SMILES string of the molecule is COc1ccc(NC2CCCCC2C)cc1[N+](=O)[O-]. The maximum Gasteiger partial charge on any atom is 0.312 e. The first kappa shape index (κ1) is 13.6. The fourth-order valence-electron chi connectivity index (χ4n) is 2.67. The number of nitro groups is 1. The Balaban J connectivity index is 2.16. The van der Waals surface area contributed by atoms with Crippen molar-refractivity contribution in [3.05, 3.63) is 28.3 Å². The van der Waals surface area contributed by atoms with E-state index in [1.54, 1.807) is 12.1 Å². The monoisotopic (exact) mass is 264 g/mol. The van der Waals surface area contributed by atoms with Crippen LogP contribution in [-0.4, -0.2) is 18.1 Å². The fraction of sp³-hybridized carbons (Fsp3) is 0.571. The lowest BCUT2D eigenvalue weighted by atomic mass is 9.86. The van der Waals surface area contributed by atoms with Crippen LogP contribution in [0.25, 0.3) is 0 Å². The number of benzene rings is 1. The lowest BCUT2D eigenvalue weighted by Crippen LogP contribution is -2.30. The molecule has 1 aromatic rings. The zero-order valence-electron chi connectivity index (χ0n) is 11.4. The molecule has 0 amide bonds. The molecule has 0 aromatic heterocycles. The van der Waals surface area contributed by atoms with Crippen molar-refractivity contribution in [2.75, 3.05) is 12.4 Å².